The predicted molar refractivity (Wildman–Crippen MR) is 131 cm³/mol. The van der Waals surface area contributed by atoms with Gasteiger partial charge in [-0.25, -0.2) is 0 Å². The second kappa shape index (κ2) is 9.99. The molecule has 1 N–H and O–H groups in total. The van der Waals surface area contributed by atoms with Gasteiger partial charge in [0.1, 0.15) is 0 Å². The molecule has 178 valence electrons. The molecule has 0 spiro atoms. The minimum absolute atomic E-state index is 0.0520. The van der Waals surface area contributed by atoms with Crippen LogP contribution in [-0.2, 0) is 11.2 Å². The maximum absolute atomic E-state index is 13.2. The first-order chi connectivity index (χ1) is 16.3. The zero-order chi connectivity index (χ0) is 24.4. The molecule has 1 aromatic heterocycles. The number of benzene rings is 2. The molecule has 0 saturated heterocycles. The normalized spacial score (nSPS) is 15.1. The Bertz CT molecular complexity index is 1280. The average molecular weight is 502 g/mol. The summed E-state index contributed by atoms with van der Waals surface area (Å²) >= 11 is 7.06. The Morgan fingerprint density at radius 2 is 1.85 bits per heavy atom. The van der Waals surface area contributed by atoms with E-state index in [0.29, 0.717) is 35.2 Å². The van der Waals surface area contributed by atoms with Crippen LogP contribution in [0.25, 0.3) is 5.69 Å². The van der Waals surface area contributed by atoms with Crippen molar-refractivity contribution in [2.45, 2.75) is 24.5 Å². The maximum Gasteiger partial charge on any atom is 0.262 e. The van der Waals surface area contributed by atoms with E-state index in [9.17, 15) is 14.7 Å². The van der Waals surface area contributed by atoms with Crippen LogP contribution >= 0.6 is 23.4 Å². The average Bonchev–Trinajstić information content (AvgIpc) is 2.82. The number of fused-ring (bicyclic) bond motifs is 1. The number of aromatic hydroxyl groups is 1. The van der Waals surface area contributed by atoms with Crippen molar-refractivity contribution in [2.24, 2.45) is 0 Å². The zero-order valence-electron chi connectivity index (χ0n) is 18.9. The van der Waals surface area contributed by atoms with E-state index in [1.165, 1.54) is 4.57 Å². The number of amides is 1. The molecule has 0 aliphatic carbocycles. The number of carbonyl (C=O) groups excluding carboxylic acids is 1. The number of ether oxygens (including phenoxy) is 2. The van der Waals surface area contributed by atoms with Crippen molar-refractivity contribution in [2.75, 3.05) is 26.5 Å². The van der Waals surface area contributed by atoms with Gasteiger partial charge in [-0.2, -0.15) is 4.98 Å². The van der Waals surface area contributed by atoms with Crippen LogP contribution < -0.4 is 15.0 Å². The van der Waals surface area contributed by atoms with Crippen LogP contribution in [0.2, 0.25) is 5.02 Å². The van der Waals surface area contributed by atoms with E-state index in [0.717, 1.165) is 29.0 Å². The molecule has 4 rings (SSSR count). The standard InChI is InChI=1S/C24H24ClN3O5S/c1-14-18-11-20(33-3)19(32-2)10-15(18)8-9-27(14)23(31)13-34-24-26-21(29)12-22(30)28(24)17-6-4-16(25)5-7-17/h4-7,10-12,14,29H,8-9,13H2,1-3H3/t14-/m0/s1. The summed E-state index contributed by atoms with van der Waals surface area (Å²) in [6.07, 6.45) is 0.691. The third kappa shape index (κ3) is 4.71. The van der Waals surface area contributed by atoms with Crippen LogP contribution in [0.3, 0.4) is 0 Å². The summed E-state index contributed by atoms with van der Waals surface area (Å²) < 4.78 is 12.2. The lowest BCUT2D eigenvalue weighted by Gasteiger charge is -2.35. The summed E-state index contributed by atoms with van der Waals surface area (Å²) in [6, 6.07) is 11.4. The fourth-order valence-corrected chi connectivity index (χ4v) is 5.10. The molecule has 0 bridgehead atoms. The number of carbonyl (C=O) groups is 1. The highest BCUT2D eigenvalue weighted by molar-refractivity contribution is 7.99. The SMILES string of the molecule is COc1cc2c(cc1OC)[C@H](C)N(C(=O)CSc1nc(O)cc(=O)n1-c1ccc(Cl)cc1)CC2. The second-order valence-electron chi connectivity index (χ2n) is 7.75. The van der Waals surface area contributed by atoms with E-state index in [1.807, 2.05) is 19.1 Å². The summed E-state index contributed by atoms with van der Waals surface area (Å²) in [7, 11) is 3.18. The summed E-state index contributed by atoms with van der Waals surface area (Å²) in [5.41, 5.74) is 2.22. The molecule has 8 nitrogen and oxygen atoms in total. The number of rotatable bonds is 6. The molecule has 0 fully saturated rings. The molecule has 0 saturated carbocycles. The molecule has 34 heavy (non-hydrogen) atoms. The monoisotopic (exact) mass is 501 g/mol. The first-order valence-corrected chi connectivity index (χ1v) is 11.9. The van der Waals surface area contributed by atoms with Crippen molar-refractivity contribution in [1.82, 2.24) is 14.5 Å². The van der Waals surface area contributed by atoms with Crippen molar-refractivity contribution in [3.8, 4) is 23.1 Å². The number of thioether (sulfide) groups is 1. The summed E-state index contributed by atoms with van der Waals surface area (Å²) in [5.74, 6) is 0.840. The molecular formula is C24H24ClN3O5S. The smallest absolute Gasteiger partial charge is 0.262 e. The molecule has 0 unspecified atom stereocenters. The van der Waals surface area contributed by atoms with Gasteiger partial charge >= 0.3 is 0 Å². The zero-order valence-corrected chi connectivity index (χ0v) is 20.5. The topological polar surface area (TPSA) is 93.9 Å². The number of hydrogen-bond acceptors (Lipinski definition) is 7. The van der Waals surface area contributed by atoms with Crippen LogP contribution in [0.4, 0.5) is 0 Å². The largest absolute Gasteiger partial charge is 0.493 e. The predicted octanol–water partition coefficient (Wildman–Crippen LogP) is 3.85. The minimum Gasteiger partial charge on any atom is -0.493 e. The highest BCUT2D eigenvalue weighted by atomic mass is 35.5. The first-order valence-electron chi connectivity index (χ1n) is 10.6. The first kappa shape index (κ1) is 24.0. The van der Waals surface area contributed by atoms with Crippen LogP contribution in [0.5, 0.6) is 17.4 Å². The van der Waals surface area contributed by atoms with Crippen LogP contribution in [0.1, 0.15) is 24.1 Å². The van der Waals surface area contributed by atoms with Gasteiger partial charge in [0, 0.05) is 11.6 Å². The van der Waals surface area contributed by atoms with Gasteiger partial charge in [0.05, 0.1) is 37.8 Å². The molecule has 10 heteroatoms. The quantitative estimate of drug-likeness (QED) is 0.405. The number of aromatic nitrogens is 2. The molecule has 0 radical (unpaired) electrons. The number of nitrogens with zero attached hydrogens (tertiary/aromatic N) is 3. The number of hydrogen-bond donors (Lipinski definition) is 1. The molecule has 1 aliphatic heterocycles. The maximum atomic E-state index is 13.2. The number of halogens is 1. The van der Waals surface area contributed by atoms with Crippen LogP contribution in [0, 0.1) is 0 Å². The lowest BCUT2D eigenvalue weighted by atomic mass is 9.93. The van der Waals surface area contributed by atoms with Crippen molar-refractivity contribution in [3.63, 3.8) is 0 Å². The lowest BCUT2D eigenvalue weighted by molar-refractivity contribution is -0.130. The fourth-order valence-electron chi connectivity index (χ4n) is 4.07. The van der Waals surface area contributed by atoms with Gasteiger partial charge in [0.15, 0.2) is 16.7 Å². The third-order valence-corrected chi connectivity index (χ3v) is 6.96. The van der Waals surface area contributed by atoms with E-state index in [-0.39, 0.29) is 22.9 Å². The molecule has 2 heterocycles. The Morgan fingerprint density at radius 1 is 1.18 bits per heavy atom. The summed E-state index contributed by atoms with van der Waals surface area (Å²) in [6.45, 7) is 2.53. The highest BCUT2D eigenvalue weighted by Crippen LogP contribution is 2.38. The summed E-state index contributed by atoms with van der Waals surface area (Å²) in [5, 5.41) is 10.6. The molecule has 1 atom stereocenters. The van der Waals surface area contributed by atoms with Gasteiger partial charge in [0.25, 0.3) is 5.56 Å². The van der Waals surface area contributed by atoms with E-state index in [1.54, 1.807) is 43.4 Å². The van der Waals surface area contributed by atoms with Gasteiger partial charge in [-0.05, 0) is 60.9 Å². The Kier molecular flexibility index (Phi) is 7.04. The number of methoxy groups -OCH3 is 2. The van der Waals surface area contributed by atoms with Crippen molar-refractivity contribution in [3.05, 3.63) is 69.0 Å². The van der Waals surface area contributed by atoms with E-state index in [2.05, 4.69) is 4.98 Å². The molecule has 1 amide bonds. The van der Waals surface area contributed by atoms with E-state index in [4.69, 9.17) is 21.1 Å². The Hall–Kier alpha value is -3.17. The van der Waals surface area contributed by atoms with E-state index < -0.39 is 11.4 Å². The fraction of sp³-hybridized carbons (Fsp3) is 0.292. The van der Waals surface area contributed by atoms with E-state index >= 15 is 0 Å². The molecule has 1 aliphatic rings. The minimum atomic E-state index is -0.453. The Balaban J connectivity index is 1.56. The van der Waals surface area contributed by atoms with Crippen molar-refractivity contribution < 1.29 is 19.4 Å². The Labute approximate surface area is 206 Å². The van der Waals surface area contributed by atoms with Crippen molar-refractivity contribution >= 4 is 29.3 Å². The van der Waals surface area contributed by atoms with Crippen LogP contribution in [0.15, 0.2) is 52.4 Å². The van der Waals surface area contributed by atoms with Gasteiger partial charge in [0.2, 0.25) is 11.8 Å². The van der Waals surface area contributed by atoms with Crippen molar-refractivity contribution in [1.29, 1.82) is 0 Å². The molecular weight excluding hydrogens is 478 g/mol. The molecule has 3 aromatic rings. The van der Waals surface area contributed by atoms with Gasteiger partial charge in [-0.1, -0.05) is 23.4 Å². The van der Waals surface area contributed by atoms with Gasteiger partial charge in [-0.15, -0.1) is 0 Å². The molecule has 2 aromatic carbocycles. The highest BCUT2D eigenvalue weighted by Gasteiger charge is 2.29. The van der Waals surface area contributed by atoms with Gasteiger partial charge in [-0.3, -0.25) is 14.2 Å². The second-order valence-corrected chi connectivity index (χ2v) is 9.13. The summed E-state index contributed by atoms with van der Waals surface area (Å²) in [4.78, 5) is 31.7. The lowest BCUT2D eigenvalue weighted by Crippen LogP contribution is -2.40. The van der Waals surface area contributed by atoms with Crippen LogP contribution in [-0.4, -0.2) is 52.0 Å². The Morgan fingerprint density at radius 3 is 2.53 bits per heavy atom. The van der Waals surface area contributed by atoms with Gasteiger partial charge < -0.3 is 19.5 Å². The third-order valence-electron chi connectivity index (χ3n) is 5.79.